The number of pyridine rings is 1. The Morgan fingerprint density at radius 1 is 0.889 bits per heavy atom. The lowest BCUT2D eigenvalue weighted by Gasteiger charge is -2.11. The molecule has 3 rings (SSSR count). The molecule has 0 N–H and O–H groups in total. The maximum atomic E-state index is 11.2. The molecule has 5 nitrogen and oxygen atoms in total. The first-order valence-corrected chi connectivity index (χ1v) is 8.88. The first-order valence-electron chi connectivity index (χ1n) is 8.88. The summed E-state index contributed by atoms with van der Waals surface area (Å²) in [6.45, 7) is 2.96. The number of fused-ring (bicyclic) bond motifs is 1. The number of aldehydes is 2. The van der Waals surface area contributed by atoms with Crippen LogP contribution >= 0.6 is 0 Å². The van der Waals surface area contributed by atoms with Crippen LogP contribution in [0.25, 0.3) is 10.9 Å². The van der Waals surface area contributed by atoms with E-state index in [1.807, 2.05) is 37.3 Å². The van der Waals surface area contributed by atoms with Crippen molar-refractivity contribution in [2.75, 3.05) is 13.2 Å². The third kappa shape index (κ3) is 4.50. The lowest BCUT2D eigenvalue weighted by molar-refractivity contribution is 0.109. The number of hydrogen-bond acceptors (Lipinski definition) is 5. The molecule has 0 saturated carbocycles. The number of benzene rings is 2. The molecule has 0 aliphatic rings. The predicted molar refractivity (Wildman–Crippen MR) is 104 cm³/mol. The van der Waals surface area contributed by atoms with Gasteiger partial charge in [-0.25, -0.2) is 0 Å². The second-order valence-electron chi connectivity index (χ2n) is 6.18. The summed E-state index contributed by atoms with van der Waals surface area (Å²) in [6.07, 6.45) is 2.88. The van der Waals surface area contributed by atoms with E-state index in [-0.39, 0.29) is 0 Å². The van der Waals surface area contributed by atoms with Gasteiger partial charge >= 0.3 is 0 Å². The number of hydrogen-bond donors (Lipinski definition) is 0. The Bertz CT molecular complexity index is 952. The van der Waals surface area contributed by atoms with Gasteiger partial charge in [0.15, 0.2) is 12.6 Å². The normalized spacial score (nSPS) is 10.6. The fourth-order valence-corrected chi connectivity index (χ4v) is 2.87. The Morgan fingerprint density at radius 2 is 1.63 bits per heavy atom. The average Bonchev–Trinajstić information content (AvgIpc) is 2.69. The van der Waals surface area contributed by atoms with Gasteiger partial charge in [-0.05, 0) is 38.0 Å². The minimum absolute atomic E-state index is 0.294. The van der Waals surface area contributed by atoms with Crippen molar-refractivity contribution in [2.45, 2.75) is 19.8 Å². The van der Waals surface area contributed by atoms with E-state index in [0.717, 1.165) is 35.2 Å². The minimum atomic E-state index is 0.294. The highest BCUT2D eigenvalue weighted by Gasteiger charge is 2.08. The zero-order chi connectivity index (χ0) is 19.1. The number of nitrogens with zero attached hydrogens (tertiary/aromatic N) is 1. The molecule has 5 heteroatoms. The number of aromatic nitrogens is 1. The van der Waals surface area contributed by atoms with Crippen LogP contribution in [-0.2, 0) is 0 Å². The van der Waals surface area contributed by atoms with Gasteiger partial charge in [-0.2, -0.15) is 0 Å². The molecular formula is C22H21NO4. The number of carbonyl (C=O) groups excluding carboxylic acids is 2. The molecule has 0 unspecified atom stereocenters. The summed E-state index contributed by atoms with van der Waals surface area (Å²) >= 11 is 0. The van der Waals surface area contributed by atoms with Crippen LogP contribution in [0.2, 0.25) is 0 Å². The van der Waals surface area contributed by atoms with Gasteiger partial charge in [0.1, 0.15) is 11.5 Å². The zero-order valence-corrected chi connectivity index (χ0v) is 15.2. The molecule has 0 bridgehead atoms. The third-order valence-corrected chi connectivity index (χ3v) is 4.20. The molecule has 0 spiro atoms. The van der Waals surface area contributed by atoms with Crippen molar-refractivity contribution in [1.29, 1.82) is 0 Å². The summed E-state index contributed by atoms with van der Waals surface area (Å²) in [7, 11) is 0. The molecule has 0 fully saturated rings. The minimum Gasteiger partial charge on any atom is -0.493 e. The standard InChI is InChI=1S/C22H21NO4/c1-16-13-22(18-8-2-3-9-20(18)23-16)27-12-5-4-11-26-21-10-6-7-17(14-24)19(21)15-25/h2-3,6-10,13-15H,4-5,11-12H2,1H3. The Hall–Kier alpha value is -3.21. The monoisotopic (exact) mass is 363 g/mol. The van der Waals surface area contributed by atoms with Crippen molar-refractivity contribution in [1.82, 2.24) is 4.98 Å². The fraction of sp³-hybridized carbons (Fsp3) is 0.227. The van der Waals surface area contributed by atoms with Gasteiger partial charge < -0.3 is 9.47 Å². The molecule has 0 radical (unpaired) electrons. The van der Waals surface area contributed by atoms with Crippen molar-refractivity contribution in [3.05, 3.63) is 65.4 Å². The van der Waals surface area contributed by atoms with Crippen LogP contribution < -0.4 is 9.47 Å². The van der Waals surface area contributed by atoms with Crippen LogP contribution in [-0.4, -0.2) is 30.8 Å². The lowest BCUT2D eigenvalue weighted by Crippen LogP contribution is -2.05. The van der Waals surface area contributed by atoms with Gasteiger partial charge in [-0.3, -0.25) is 14.6 Å². The largest absolute Gasteiger partial charge is 0.493 e. The number of unbranched alkanes of at least 4 members (excludes halogenated alkanes) is 1. The zero-order valence-electron chi connectivity index (χ0n) is 15.2. The third-order valence-electron chi connectivity index (χ3n) is 4.20. The van der Waals surface area contributed by atoms with Crippen molar-refractivity contribution in [3.63, 3.8) is 0 Å². The van der Waals surface area contributed by atoms with Gasteiger partial charge in [0.05, 0.1) is 24.3 Å². The van der Waals surface area contributed by atoms with E-state index in [9.17, 15) is 9.59 Å². The van der Waals surface area contributed by atoms with Crippen LogP contribution in [0, 0.1) is 6.92 Å². The highest BCUT2D eigenvalue weighted by atomic mass is 16.5. The van der Waals surface area contributed by atoms with E-state index >= 15 is 0 Å². The quantitative estimate of drug-likeness (QED) is 0.416. The van der Waals surface area contributed by atoms with Gasteiger partial charge in [0, 0.05) is 22.7 Å². The van der Waals surface area contributed by atoms with Crippen molar-refractivity contribution in [3.8, 4) is 11.5 Å². The average molecular weight is 363 g/mol. The molecular weight excluding hydrogens is 342 g/mol. The number of carbonyl (C=O) groups is 2. The van der Waals surface area contributed by atoms with E-state index < -0.39 is 0 Å². The van der Waals surface area contributed by atoms with Gasteiger partial charge in [-0.1, -0.05) is 24.3 Å². The maximum Gasteiger partial charge on any atom is 0.154 e. The molecule has 0 aliphatic heterocycles. The summed E-state index contributed by atoms with van der Waals surface area (Å²) in [5.41, 5.74) is 2.48. The van der Waals surface area contributed by atoms with Crippen LogP contribution in [0.1, 0.15) is 39.3 Å². The first-order chi connectivity index (χ1) is 13.2. The molecule has 1 aromatic heterocycles. The number of ether oxygens (including phenoxy) is 2. The lowest BCUT2D eigenvalue weighted by atomic mass is 10.1. The molecule has 2 aromatic carbocycles. The van der Waals surface area contributed by atoms with Crippen molar-refractivity contribution < 1.29 is 19.1 Å². The first kappa shape index (κ1) is 18.6. The summed E-state index contributed by atoms with van der Waals surface area (Å²) in [5.74, 6) is 1.27. The van der Waals surface area contributed by atoms with Crippen molar-refractivity contribution >= 4 is 23.5 Å². The van der Waals surface area contributed by atoms with E-state index in [4.69, 9.17) is 9.47 Å². The SMILES string of the molecule is Cc1cc(OCCCCOc2cccc(C=O)c2C=O)c2ccccc2n1. The highest BCUT2D eigenvalue weighted by molar-refractivity contribution is 5.92. The van der Waals surface area contributed by atoms with E-state index in [1.54, 1.807) is 18.2 Å². The maximum absolute atomic E-state index is 11.2. The summed E-state index contributed by atoms with van der Waals surface area (Å²) < 4.78 is 11.6. The molecule has 0 atom stereocenters. The Morgan fingerprint density at radius 3 is 2.37 bits per heavy atom. The van der Waals surface area contributed by atoms with Crippen LogP contribution in [0.5, 0.6) is 11.5 Å². The van der Waals surface area contributed by atoms with Crippen molar-refractivity contribution in [2.24, 2.45) is 0 Å². The summed E-state index contributed by atoms with van der Waals surface area (Å²) in [5, 5.41) is 1.00. The molecule has 1 heterocycles. The second-order valence-corrected chi connectivity index (χ2v) is 6.18. The predicted octanol–water partition coefficient (Wildman–Crippen LogP) is 4.41. The van der Waals surface area contributed by atoms with Crippen LogP contribution in [0.4, 0.5) is 0 Å². The fourth-order valence-electron chi connectivity index (χ4n) is 2.87. The van der Waals surface area contributed by atoms with E-state index in [0.29, 0.717) is 42.7 Å². The molecule has 3 aromatic rings. The Kier molecular flexibility index (Phi) is 6.15. The number of para-hydroxylation sites is 1. The highest BCUT2D eigenvalue weighted by Crippen LogP contribution is 2.25. The molecule has 0 amide bonds. The number of aryl methyl sites for hydroxylation is 1. The van der Waals surface area contributed by atoms with Gasteiger partial charge in [0.2, 0.25) is 0 Å². The van der Waals surface area contributed by atoms with E-state index in [2.05, 4.69) is 4.98 Å². The summed E-state index contributed by atoms with van der Waals surface area (Å²) in [6, 6.07) is 14.8. The summed E-state index contributed by atoms with van der Waals surface area (Å²) in [4.78, 5) is 26.6. The Balaban J connectivity index is 1.51. The molecule has 0 aliphatic carbocycles. The van der Waals surface area contributed by atoms with Gasteiger partial charge in [0.25, 0.3) is 0 Å². The second kappa shape index (κ2) is 8.94. The topological polar surface area (TPSA) is 65.5 Å². The Labute approximate surface area is 157 Å². The molecule has 138 valence electrons. The van der Waals surface area contributed by atoms with E-state index in [1.165, 1.54) is 0 Å². The van der Waals surface area contributed by atoms with Gasteiger partial charge in [-0.15, -0.1) is 0 Å². The van der Waals surface area contributed by atoms with Crippen LogP contribution in [0.15, 0.2) is 48.5 Å². The number of rotatable bonds is 9. The molecule has 27 heavy (non-hydrogen) atoms. The smallest absolute Gasteiger partial charge is 0.154 e. The molecule has 0 saturated heterocycles. The van der Waals surface area contributed by atoms with Crippen LogP contribution in [0.3, 0.4) is 0 Å².